The summed E-state index contributed by atoms with van der Waals surface area (Å²) < 4.78 is 33.9. The fourth-order valence-electron chi connectivity index (χ4n) is 4.64. The van der Waals surface area contributed by atoms with Crippen LogP contribution in [0.1, 0.15) is 77.6 Å². The maximum absolute atomic E-state index is 10.5. The zero-order chi connectivity index (χ0) is 16.0. The summed E-state index contributed by atoms with van der Waals surface area (Å²) in [6.07, 6.45) is 14.2. The largest absolute Gasteiger partial charge is 0.397 e. The van der Waals surface area contributed by atoms with E-state index in [0.717, 1.165) is 36.5 Å². The van der Waals surface area contributed by atoms with Gasteiger partial charge in [-0.25, -0.2) is 4.18 Å². The van der Waals surface area contributed by atoms with E-state index in [4.69, 9.17) is 4.55 Å². The van der Waals surface area contributed by atoms with Crippen molar-refractivity contribution in [2.45, 2.75) is 77.6 Å². The summed E-state index contributed by atoms with van der Waals surface area (Å²) >= 11 is 0. The van der Waals surface area contributed by atoms with Crippen molar-refractivity contribution < 1.29 is 17.2 Å². The molecule has 4 unspecified atom stereocenters. The minimum Gasteiger partial charge on any atom is -0.264 e. The Labute approximate surface area is 136 Å². The third-order valence-electron chi connectivity index (χ3n) is 5.79. The maximum atomic E-state index is 10.5. The summed E-state index contributed by atoms with van der Waals surface area (Å²) in [5.74, 6) is 3.55. The quantitative estimate of drug-likeness (QED) is 0.495. The van der Waals surface area contributed by atoms with Gasteiger partial charge in [-0.3, -0.25) is 4.55 Å². The van der Waals surface area contributed by atoms with Crippen molar-refractivity contribution in [3.05, 3.63) is 0 Å². The van der Waals surface area contributed by atoms with E-state index in [0.29, 0.717) is 0 Å². The van der Waals surface area contributed by atoms with Crippen molar-refractivity contribution in [1.29, 1.82) is 0 Å². The van der Waals surface area contributed by atoms with Crippen molar-refractivity contribution in [2.75, 3.05) is 6.61 Å². The zero-order valence-electron chi connectivity index (χ0n) is 13.9. The summed E-state index contributed by atoms with van der Waals surface area (Å²) in [7, 11) is -4.26. The second-order valence-corrected chi connectivity index (χ2v) is 8.50. The lowest BCUT2D eigenvalue weighted by Gasteiger charge is -2.19. The minimum absolute atomic E-state index is 0.114. The minimum atomic E-state index is -4.26. The predicted octanol–water partition coefficient (Wildman–Crippen LogP) is 4.61. The first-order valence-corrected chi connectivity index (χ1v) is 10.5. The van der Waals surface area contributed by atoms with Gasteiger partial charge in [-0.15, -0.1) is 0 Å². The Morgan fingerprint density at radius 3 is 2.00 bits per heavy atom. The average molecular weight is 333 g/mol. The zero-order valence-corrected chi connectivity index (χ0v) is 14.7. The molecule has 4 nitrogen and oxygen atoms in total. The monoisotopic (exact) mass is 332 g/mol. The van der Waals surface area contributed by atoms with Crippen LogP contribution in [0.3, 0.4) is 0 Å². The van der Waals surface area contributed by atoms with Gasteiger partial charge in [0, 0.05) is 0 Å². The molecular weight excluding hydrogens is 300 g/mol. The third kappa shape index (κ3) is 6.17. The normalized spacial score (nSPS) is 32.6. The third-order valence-corrected chi connectivity index (χ3v) is 6.25. The van der Waals surface area contributed by atoms with Gasteiger partial charge >= 0.3 is 10.4 Å². The first-order chi connectivity index (χ1) is 10.5. The second-order valence-electron chi connectivity index (χ2n) is 7.41. The lowest BCUT2D eigenvalue weighted by molar-refractivity contribution is 0.252. The maximum Gasteiger partial charge on any atom is 0.397 e. The van der Waals surface area contributed by atoms with Crippen LogP contribution in [-0.4, -0.2) is 19.6 Å². The van der Waals surface area contributed by atoms with E-state index in [-0.39, 0.29) is 6.61 Å². The Balaban J connectivity index is 1.61. The van der Waals surface area contributed by atoms with Gasteiger partial charge in [0.15, 0.2) is 0 Å². The van der Waals surface area contributed by atoms with Gasteiger partial charge in [0.25, 0.3) is 0 Å². The molecule has 0 aromatic heterocycles. The SMILES string of the molecule is CCCCC1CCC(C2CCC(CCCOS(=O)(=O)O)C2)C1. The van der Waals surface area contributed by atoms with Crippen LogP contribution in [0.5, 0.6) is 0 Å². The lowest BCUT2D eigenvalue weighted by Crippen LogP contribution is -2.10. The van der Waals surface area contributed by atoms with Gasteiger partial charge in [-0.1, -0.05) is 39.0 Å². The molecule has 2 saturated carbocycles. The molecular formula is C17H32O4S. The molecule has 5 heteroatoms. The van der Waals surface area contributed by atoms with Crippen molar-refractivity contribution >= 4 is 10.4 Å². The Hall–Kier alpha value is -0.130. The summed E-state index contributed by atoms with van der Waals surface area (Å²) in [6, 6.07) is 0. The van der Waals surface area contributed by atoms with Crippen LogP contribution in [0.2, 0.25) is 0 Å². The molecule has 2 rings (SSSR count). The Morgan fingerprint density at radius 2 is 1.50 bits per heavy atom. The molecule has 0 heterocycles. The fraction of sp³-hybridized carbons (Fsp3) is 1.00. The predicted molar refractivity (Wildman–Crippen MR) is 87.9 cm³/mol. The molecule has 0 amide bonds. The molecule has 0 bridgehead atoms. The van der Waals surface area contributed by atoms with Crippen molar-refractivity contribution in [3.63, 3.8) is 0 Å². The van der Waals surface area contributed by atoms with Crippen LogP contribution in [0, 0.1) is 23.7 Å². The molecule has 0 radical (unpaired) electrons. The van der Waals surface area contributed by atoms with E-state index in [1.165, 1.54) is 57.8 Å². The number of hydrogen-bond acceptors (Lipinski definition) is 3. The molecule has 2 aliphatic rings. The van der Waals surface area contributed by atoms with Gasteiger partial charge in [0.2, 0.25) is 0 Å². The smallest absolute Gasteiger partial charge is 0.264 e. The lowest BCUT2D eigenvalue weighted by atomic mass is 9.87. The molecule has 130 valence electrons. The second kappa shape index (κ2) is 8.65. The highest BCUT2D eigenvalue weighted by Gasteiger charge is 2.35. The summed E-state index contributed by atoms with van der Waals surface area (Å²) in [5, 5.41) is 0. The molecule has 0 saturated heterocycles. The van der Waals surface area contributed by atoms with Crippen LogP contribution in [-0.2, 0) is 14.6 Å². The Kier molecular flexibility index (Phi) is 7.16. The van der Waals surface area contributed by atoms with Crippen molar-refractivity contribution in [2.24, 2.45) is 23.7 Å². The van der Waals surface area contributed by atoms with E-state index in [2.05, 4.69) is 11.1 Å². The van der Waals surface area contributed by atoms with E-state index in [9.17, 15) is 8.42 Å². The average Bonchev–Trinajstić information content (AvgIpc) is 3.09. The highest BCUT2D eigenvalue weighted by atomic mass is 32.3. The van der Waals surface area contributed by atoms with E-state index >= 15 is 0 Å². The molecule has 0 aromatic rings. The number of rotatable bonds is 9. The first kappa shape index (κ1) is 18.2. The van der Waals surface area contributed by atoms with Gasteiger partial charge in [0.05, 0.1) is 6.61 Å². The standard InChI is InChI=1S/C17H32O4S/c1-2-3-5-14-7-9-16(12-14)17-10-8-15(13-17)6-4-11-21-22(18,19)20/h14-17H,2-13H2,1H3,(H,18,19,20). The Bertz CT molecular complexity index is 420. The molecule has 22 heavy (non-hydrogen) atoms. The highest BCUT2D eigenvalue weighted by Crippen LogP contribution is 2.46. The molecule has 0 spiro atoms. The first-order valence-electron chi connectivity index (χ1n) is 9.09. The van der Waals surface area contributed by atoms with Crippen molar-refractivity contribution in [3.8, 4) is 0 Å². The van der Waals surface area contributed by atoms with Crippen LogP contribution >= 0.6 is 0 Å². The van der Waals surface area contributed by atoms with Gasteiger partial charge < -0.3 is 0 Å². The van der Waals surface area contributed by atoms with Crippen molar-refractivity contribution in [1.82, 2.24) is 0 Å². The van der Waals surface area contributed by atoms with Crippen LogP contribution < -0.4 is 0 Å². The highest BCUT2D eigenvalue weighted by molar-refractivity contribution is 7.80. The molecule has 2 aliphatic carbocycles. The van der Waals surface area contributed by atoms with Crippen LogP contribution in [0.4, 0.5) is 0 Å². The molecule has 0 aliphatic heterocycles. The van der Waals surface area contributed by atoms with E-state index < -0.39 is 10.4 Å². The number of unbranched alkanes of at least 4 members (excludes halogenated alkanes) is 1. The van der Waals surface area contributed by atoms with Crippen LogP contribution in [0.25, 0.3) is 0 Å². The van der Waals surface area contributed by atoms with Gasteiger partial charge in [-0.05, 0) is 62.2 Å². The summed E-state index contributed by atoms with van der Waals surface area (Å²) in [4.78, 5) is 0. The Morgan fingerprint density at radius 1 is 0.955 bits per heavy atom. The van der Waals surface area contributed by atoms with Gasteiger partial charge in [-0.2, -0.15) is 8.42 Å². The summed E-state index contributed by atoms with van der Waals surface area (Å²) in [6.45, 7) is 2.39. The topological polar surface area (TPSA) is 63.6 Å². The van der Waals surface area contributed by atoms with E-state index in [1.807, 2.05) is 0 Å². The molecule has 0 aromatic carbocycles. The summed E-state index contributed by atoms with van der Waals surface area (Å²) in [5.41, 5.74) is 0. The molecule has 4 atom stereocenters. The number of hydrogen-bond donors (Lipinski definition) is 1. The van der Waals surface area contributed by atoms with Gasteiger partial charge in [0.1, 0.15) is 0 Å². The van der Waals surface area contributed by atoms with E-state index in [1.54, 1.807) is 0 Å². The van der Waals surface area contributed by atoms with Crippen LogP contribution in [0.15, 0.2) is 0 Å². The fourth-order valence-corrected chi connectivity index (χ4v) is 4.97. The molecule has 1 N–H and O–H groups in total. The molecule has 2 fully saturated rings.